The third kappa shape index (κ3) is 2.30. The molecule has 1 fully saturated rings. The predicted molar refractivity (Wildman–Crippen MR) is 62.1 cm³/mol. The number of carbonyl (C=O) groups excluding carboxylic acids is 1. The Kier molecular flexibility index (Phi) is 3.24. The fourth-order valence-corrected chi connectivity index (χ4v) is 2.58. The number of ether oxygens (including phenoxy) is 1. The summed E-state index contributed by atoms with van der Waals surface area (Å²) in [4.78, 5) is 11.2. The fourth-order valence-electron chi connectivity index (χ4n) is 1.69. The van der Waals surface area contributed by atoms with Crippen molar-refractivity contribution in [2.24, 2.45) is 5.73 Å². The first-order valence-electron chi connectivity index (χ1n) is 5.15. The molecule has 0 saturated carbocycles. The Morgan fingerprint density at radius 2 is 1.94 bits per heavy atom. The standard InChI is InChI=1S/C10H12N2O5S/c11-9-8(12(10(9)13)18(14,15)16)6-17-7-4-2-1-3-5-7/h1-5,8-9H,6,11H2,(H,14,15,16)/t8-,9+/m0/s1. The average Bonchev–Trinajstić information content (AvgIpc) is 2.33. The van der Waals surface area contributed by atoms with E-state index in [2.05, 4.69) is 0 Å². The monoisotopic (exact) mass is 272 g/mol. The lowest BCUT2D eigenvalue weighted by molar-refractivity contribution is -0.142. The van der Waals surface area contributed by atoms with Crippen LogP contribution in [0.1, 0.15) is 0 Å². The number of rotatable bonds is 4. The molecule has 1 amide bonds. The summed E-state index contributed by atoms with van der Waals surface area (Å²) in [5, 5.41) is 0. The molecular weight excluding hydrogens is 260 g/mol. The van der Waals surface area contributed by atoms with Crippen molar-refractivity contribution < 1.29 is 22.5 Å². The summed E-state index contributed by atoms with van der Waals surface area (Å²) in [6.07, 6.45) is 0. The minimum atomic E-state index is -4.58. The van der Waals surface area contributed by atoms with Crippen LogP contribution in [-0.2, 0) is 15.1 Å². The van der Waals surface area contributed by atoms with Gasteiger partial charge in [0.1, 0.15) is 24.4 Å². The smallest absolute Gasteiger partial charge is 0.362 e. The quantitative estimate of drug-likeness (QED) is 0.560. The molecule has 0 spiro atoms. The van der Waals surface area contributed by atoms with Gasteiger partial charge in [-0.05, 0) is 12.1 Å². The zero-order valence-electron chi connectivity index (χ0n) is 9.26. The molecule has 1 aliphatic rings. The molecule has 0 radical (unpaired) electrons. The van der Waals surface area contributed by atoms with Crippen molar-refractivity contribution in [3.8, 4) is 5.75 Å². The number of para-hydroxylation sites is 1. The van der Waals surface area contributed by atoms with E-state index in [1.54, 1.807) is 30.3 Å². The van der Waals surface area contributed by atoms with Crippen LogP contribution in [0.25, 0.3) is 0 Å². The van der Waals surface area contributed by atoms with Gasteiger partial charge in [0.15, 0.2) is 0 Å². The van der Waals surface area contributed by atoms with Crippen molar-refractivity contribution in [3.05, 3.63) is 30.3 Å². The highest BCUT2D eigenvalue weighted by atomic mass is 32.2. The van der Waals surface area contributed by atoms with Crippen molar-refractivity contribution in [1.29, 1.82) is 0 Å². The van der Waals surface area contributed by atoms with E-state index in [9.17, 15) is 13.2 Å². The molecule has 2 rings (SSSR count). The number of nitrogens with zero attached hydrogens (tertiary/aromatic N) is 1. The molecule has 98 valence electrons. The first kappa shape index (κ1) is 12.8. The van der Waals surface area contributed by atoms with Crippen molar-refractivity contribution in [2.45, 2.75) is 12.1 Å². The van der Waals surface area contributed by atoms with Gasteiger partial charge in [0, 0.05) is 0 Å². The fraction of sp³-hybridized carbons (Fsp3) is 0.300. The summed E-state index contributed by atoms with van der Waals surface area (Å²) in [6.45, 7) is -0.100. The van der Waals surface area contributed by atoms with Gasteiger partial charge in [0.05, 0.1) is 0 Å². The summed E-state index contributed by atoms with van der Waals surface area (Å²) < 4.78 is 36.4. The first-order chi connectivity index (χ1) is 8.41. The lowest BCUT2D eigenvalue weighted by Gasteiger charge is -2.41. The molecule has 0 unspecified atom stereocenters. The molecule has 3 N–H and O–H groups in total. The Morgan fingerprint density at radius 1 is 1.33 bits per heavy atom. The van der Waals surface area contributed by atoms with Gasteiger partial charge in [0.25, 0.3) is 5.91 Å². The molecular formula is C10H12N2O5S. The number of carbonyl (C=O) groups is 1. The minimum absolute atomic E-state index is 0.100. The number of hydrogen-bond acceptors (Lipinski definition) is 5. The Bertz CT molecular complexity index is 545. The molecule has 7 nitrogen and oxygen atoms in total. The summed E-state index contributed by atoms with van der Waals surface area (Å²) in [6, 6.07) is 6.82. The SMILES string of the molecule is N[C@H]1C(=O)N(S(=O)(=O)O)[C@H]1COc1ccccc1. The van der Waals surface area contributed by atoms with Crippen LogP contribution in [0.5, 0.6) is 5.75 Å². The van der Waals surface area contributed by atoms with E-state index in [0.29, 0.717) is 10.1 Å². The normalized spacial score (nSPS) is 23.7. The van der Waals surface area contributed by atoms with Gasteiger partial charge in [-0.1, -0.05) is 18.2 Å². The van der Waals surface area contributed by atoms with E-state index in [4.69, 9.17) is 15.0 Å². The molecule has 0 aliphatic carbocycles. The molecule has 1 saturated heterocycles. The van der Waals surface area contributed by atoms with Gasteiger partial charge in [-0.15, -0.1) is 0 Å². The summed E-state index contributed by atoms with van der Waals surface area (Å²) >= 11 is 0. The van der Waals surface area contributed by atoms with E-state index in [-0.39, 0.29) is 6.61 Å². The summed E-state index contributed by atoms with van der Waals surface area (Å²) in [7, 11) is -4.58. The van der Waals surface area contributed by atoms with Crippen molar-refractivity contribution in [3.63, 3.8) is 0 Å². The molecule has 1 aromatic rings. The van der Waals surface area contributed by atoms with E-state index < -0.39 is 28.3 Å². The van der Waals surface area contributed by atoms with Crippen LogP contribution in [0.3, 0.4) is 0 Å². The Hall–Kier alpha value is -1.64. The second kappa shape index (κ2) is 4.56. The van der Waals surface area contributed by atoms with Crippen molar-refractivity contribution >= 4 is 16.2 Å². The predicted octanol–water partition coefficient (Wildman–Crippen LogP) is -0.594. The largest absolute Gasteiger partial charge is 0.491 e. The average molecular weight is 272 g/mol. The van der Waals surface area contributed by atoms with Gasteiger partial charge in [0.2, 0.25) is 0 Å². The maximum Gasteiger partial charge on any atom is 0.362 e. The third-order valence-corrected chi connectivity index (χ3v) is 3.58. The highest BCUT2D eigenvalue weighted by Crippen LogP contribution is 2.22. The third-order valence-electron chi connectivity index (χ3n) is 2.63. The van der Waals surface area contributed by atoms with Gasteiger partial charge in [-0.25, -0.2) is 4.31 Å². The minimum Gasteiger partial charge on any atom is -0.491 e. The zero-order chi connectivity index (χ0) is 13.3. The van der Waals surface area contributed by atoms with Gasteiger partial charge in [-0.3, -0.25) is 9.35 Å². The van der Waals surface area contributed by atoms with Gasteiger partial charge >= 0.3 is 10.3 Å². The van der Waals surface area contributed by atoms with Crippen LogP contribution < -0.4 is 10.5 Å². The van der Waals surface area contributed by atoms with Crippen LogP contribution in [0.15, 0.2) is 30.3 Å². The van der Waals surface area contributed by atoms with E-state index >= 15 is 0 Å². The van der Waals surface area contributed by atoms with Crippen molar-refractivity contribution in [1.82, 2.24) is 4.31 Å². The number of β-lactam (4-membered cyclic amide) rings is 1. The zero-order valence-corrected chi connectivity index (χ0v) is 10.1. The van der Waals surface area contributed by atoms with Crippen LogP contribution in [0, 0.1) is 0 Å². The molecule has 0 bridgehead atoms. The van der Waals surface area contributed by atoms with Crippen LogP contribution in [0.2, 0.25) is 0 Å². The highest BCUT2D eigenvalue weighted by molar-refractivity contribution is 7.84. The topological polar surface area (TPSA) is 110 Å². The van der Waals surface area contributed by atoms with Crippen LogP contribution in [-0.4, -0.2) is 41.9 Å². The molecule has 2 atom stereocenters. The molecule has 18 heavy (non-hydrogen) atoms. The number of benzene rings is 1. The summed E-state index contributed by atoms with van der Waals surface area (Å²) in [5.41, 5.74) is 5.47. The Balaban J connectivity index is 2.03. The van der Waals surface area contributed by atoms with Crippen molar-refractivity contribution in [2.75, 3.05) is 6.61 Å². The van der Waals surface area contributed by atoms with E-state index in [1.165, 1.54) is 0 Å². The highest BCUT2D eigenvalue weighted by Gasteiger charge is 2.51. The maximum absolute atomic E-state index is 11.2. The molecule has 1 aromatic carbocycles. The second-order valence-electron chi connectivity index (χ2n) is 3.83. The van der Waals surface area contributed by atoms with Crippen LogP contribution in [0.4, 0.5) is 0 Å². The van der Waals surface area contributed by atoms with Crippen LogP contribution >= 0.6 is 0 Å². The summed E-state index contributed by atoms with van der Waals surface area (Å²) in [5.74, 6) is -0.307. The Morgan fingerprint density at radius 3 is 2.50 bits per heavy atom. The van der Waals surface area contributed by atoms with Gasteiger partial charge in [-0.2, -0.15) is 8.42 Å². The molecule has 1 aliphatic heterocycles. The first-order valence-corrected chi connectivity index (χ1v) is 6.55. The van der Waals surface area contributed by atoms with E-state index in [1.807, 2.05) is 0 Å². The lowest BCUT2D eigenvalue weighted by atomic mass is 10.0. The Labute approximate surface area is 104 Å². The second-order valence-corrected chi connectivity index (χ2v) is 5.12. The number of amides is 1. The number of nitrogens with two attached hydrogens (primary N) is 1. The molecule has 0 aromatic heterocycles. The maximum atomic E-state index is 11.2. The number of hydrogen-bond donors (Lipinski definition) is 2. The van der Waals surface area contributed by atoms with E-state index in [0.717, 1.165) is 0 Å². The lowest BCUT2D eigenvalue weighted by Crippen LogP contribution is -2.71. The van der Waals surface area contributed by atoms with Gasteiger partial charge < -0.3 is 10.5 Å². The molecule has 1 heterocycles. The molecule has 8 heteroatoms.